The molecule has 1 unspecified atom stereocenters. The van der Waals surface area contributed by atoms with E-state index in [9.17, 15) is 13.2 Å². The molecule has 1 aromatic heterocycles. The Morgan fingerprint density at radius 1 is 1.52 bits per heavy atom. The van der Waals surface area contributed by atoms with Crippen LogP contribution < -0.4 is 4.72 Å². The SMILES string of the molecule is CS(=O)(=O)NCC1CCCCN1C(=O)c1ncccc1Br. The lowest BCUT2D eigenvalue weighted by Gasteiger charge is -2.35. The zero-order chi connectivity index (χ0) is 15.5. The first kappa shape index (κ1) is 16.4. The molecule has 1 aliphatic heterocycles. The summed E-state index contributed by atoms with van der Waals surface area (Å²) in [6, 6.07) is 3.39. The third kappa shape index (κ3) is 4.49. The second-order valence-electron chi connectivity index (χ2n) is 5.10. The molecule has 0 aromatic carbocycles. The second kappa shape index (κ2) is 6.85. The Balaban J connectivity index is 2.15. The number of likely N-dealkylation sites (tertiary alicyclic amines) is 1. The van der Waals surface area contributed by atoms with E-state index in [1.54, 1.807) is 23.2 Å². The van der Waals surface area contributed by atoms with E-state index in [1.165, 1.54) is 0 Å². The Bertz CT molecular complexity index is 621. The van der Waals surface area contributed by atoms with Crippen LogP contribution in [0, 0.1) is 0 Å². The molecule has 0 bridgehead atoms. The van der Waals surface area contributed by atoms with Crippen molar-refractivity contribution in [3.05, 3.63) is 28.5 Å². The van der Waals surface area contributed by atoms with E-state index in [0.29, 0.717) is 16.7 Å². The first-order valence-electron chi connectivity index (χ1n) is 6.74. The summed E-state index contributed by atoms with van der Waals surface area (Å²) in [5, 5.41) is 0. The largest absolute Gasteiger partial charge is 0.333 e. The van der Waals surface area contributed by atoms with E-state index in [4.69, 9.17) is 0 Å². The Morgan fingerprint density at radius 3 is 2.95 bits per heavy atom. The third-order valence-electron chi connectivity index (χ3n) is 3.43. The number of halogens is 1. The van der Waals surface area contributed by atoms with Gasteiger partial charge in [-0.05, 0) is 47.3 Å². The molecule has 1 aromatic rings. The van der Waals surface area contributed by atoms with Crippen LogP contribution in [0.5, 0.6) is 0 Å². The fraction of sp³-hybridized carbons (Fsp3) is 0.538. The van der Waals surface area contributed by atoms with Gasteiger partial charge in [0.05, 0.1) is 6.26 Å². The first-order chi connectivity index (χ1) is 9.88. The molecule has 0 aliphatic carbocycles. The number of aromatic nitrogens is 1. The zero-order valence-corrected chi connectivity index (χ0v) is 14.2. The van der Waals surface area contributed by atoms with Crippen molar-refractivity contribution >= 4 is 31.9 Å². The van der Waals surface area contributed by atoms with E-state index in [2.05, 4.69) is 25.6 Å². The molecule has 2 rings (SSSR count). The monoisotopic (exact) mass is 375 g/mol. The fourth-order valence-corrected chi connectivity index (χ4v) is 3.33. The molecule has 1 atom stereocenters. The summed E-state index contributed by atoms with van der Waals surface area (Å²) < 4.78 is 25.6. The molecular formula is C13H18BrN3O3S. The van der Waals surface area contributed by atoms with E-state index in [0.717, 1.165) is 25.5 Å². The maximum absolute atomic E-state index is 12.6. The molecule has 1 N–H and O–H groups in total. The van der Waals surface area contributed by atoms with E-state index < -0.39 is 10.0 Å². The van der Waals surface area contributed by atoms with Gasteiger partial charge >= 0.3 is 0 Å². The highest BCUT2D eigenvalue weighted by atomic mass is 79.9. The number of hydrogen-bond acceptors (Lipinski definition) is 4. The Kier molecular flexibility index (Phi) is 5.34. The number of amides is 1. The van der Waals surface area contributed by atoms with E-state index >= 15 is 0 Å². The number of nitrogens with one attached hydrogen (secondary N) is 1. The molecule has 8 heteroatoms. The average molecular weight is 376 g/mol. The third-order valence-corrected chi connectivity index (χ3v) is 4.76. The molecule has 116 valence electrons. The number of rotatable bonds is 4. The van der Waals surface area contributed by atoms with Crippen LogP contribution in [0.1, 0.15) is 29.8 Å². The van der Waals surface area contributed by atoms with Crippen LogP contribution >= 0.6 is 15.9 Å². The second-order valence-corrected chi connectivity index (χ2v) is 7.79. The average Bonchev–Trinajstić information content (AvgIpc) is 2.44. The normalized spacial score (nSPS) is 19.5. The summed E-state index contributed by atoms with van der Waals surface area (Å²) in [4.78, 5) is 18.4. The summed E-state index contributed by atoms with van der Waals surface area (Å²) in [5.41, 5.74) is 0.365. The predicted octanol–water partition coefficient (Wildman–Crippen LogP) is 1.39. The molecule has 21 heavy (non-hydrogen) atoms. The highest BCUT2D eigenvalue weighted by molar-refractivity contribution is 9.10. The number of pyridine rings is 1. The number of carbonyl (C=O) groups is 1. The maximum Gasteiger partial charge on any atom is 0.273 e. The first-order valence-corrected chi connectivity index (χ1v) is 9.43. The van der Waals surface area contributed by atoms with Crippen LogP contribution in [-0.4, -0.2) is 49.6 Å². The summed E-state index contributed by atoms with van der Waals surface area (Å²) >= 11 is 3.33. The van der Waals surface area contributed by atoms with Gasteiger partial charge in [-0.1, -0.05) is 0 Å². The molecule has 1 saturated heterocycles. The summed E-state index contributed by atoms with van der Waals surface area (Å²) in [6.45, 7) is 0.868. The van der Waals surface area contributed by atoms with Crippen LogP contribution in [0.4, 0.5) is 0 Å². The zero-order valence-electron chi connectivity index (χ0n) is 11.8. The standard InChI is InChI=1S/C13H18BrN3O3S/c1-21(19,20)16-9-10-5-2-3-8-17(10)13(18)12-11(14)6-4-7-15-12/h4,6-7,10,16H,2-3,5,8-9H2,1H3. The number of piperidine rings is 1. The minimum atomic E-state index is -3.26. The molecule has 1 fully saturated rings. The van der Waals surface area contributed by atoms with Crippen molar-refractivity contribution in [2.45, 2.75) is 25.3 Å². The van der Waals surface area contributed by atoms with Gasteiger partial charge in [-0.2, -0.15) is 0 Å². The Morgan fingerprint density at radius 2 is 2.29 bits per heavy atom. The molecule has 0 saturated carbocycles. The van der Waals surface area contributed by atoms with Gasteiger partial charge in [-0.15, -0.1) is 0 Å². The van der Waals surface area contributed by atoms with E-state index in [-0.39, 0.29) is 18.5 Å². The summed E-state index contributed by atoms with van der Waals surface area (Å²) in [5.74, 6) is -0.164. The van der Waals surface area contributed by atoms with Gasteiger partial charge in [0.25, 0.3) is 5.91 Å². The summed E-state index contributed by atoms with van der Waals surface area (Å²) in [7, 11) is -3.26. The number of nitrogens with zero attached hydrogens (tertiary/aromatic N) is 2. The van der Waals surface area contributed by atoms with Gasteiger partial charge < -0.3 is 4.90 Å². The van der Waals surface area contributed by atoms with Gasteiger partial charge in [0.2, 0.25) is 10.0 Å². The van der Waals surface area contributed by atoms with E-state index in [1.807, 2.05) is 0 Å². The summed E-state index contributed by atoms with van der Waals surface area (Å²) in [6.07, 6.45) is 5.40. The van der Waals surface area contributed by atoms with Gasteiger partial charge in [-0.25, -0.2) is 18.1 Å². The topological polar surface area (TPSA) is 79.4 Å². The number of sulfonamides is 1. The number of hydrogen-bond donors (Lipinski definition) is 1. The van der Waals surface area contributed by atoms with Crippen molar-refractivity contribution in [3.8, 4) is 0 Å². The Hall–Kier alpha value is -0.990. The van der Waals surface area contributed by atoms with Crippen LogP contribution in [0.2, 0.25) is 0 Å². The van der Waals surface area contributed by atoms with Crippen molar-refractivity contribution in [1.29, 1.82) is 0 Å². The lowest BCUT2D eigenvalue weighted by molar-refractivity contribution is 0.0611. The highest BCUT2D eigenvalue weighted by Crippen LogP contribution is 2.22. The van der Waals surface area contributed by atoms with Gasteiger partial charge in [0.1, 0.15) is 5.69 Å². The lowest BCUT2D eigenvalue weighted by atomic mass is 10.0. The van der Waals surface area contributed by atoms with Crippen molar-refractivity contribution < 1.29 is 13.2 Å². The van der Waals surface area contributed by atoms with Gasteiger partial charge in [0, 0.05) is 29.8 Å². The fourth-order valence-electron chi connectivity index (χ4n) is 2.41. The number of carbonyl (C=O) groups excluding carboxylic acids is 1. The van der Waals surface area contributed by atoms with Crippen LogP contribution in [0.3, 0.4) is 0 Å². The van der Waals surface area contributed by atoms with Gasteiger partial charge in [-0.3, -0.25) is 4.79 Å². The van der Waals surface area contributed by atoms with Gasteiger partial charge in [0.15, 0.2) is 0 Å². The van der Waals surface area contributed by atoms with Crippen LogP contribution in [0.25, 0.3) is 0 Å². The van der Waals surface area contributed by atoms with Crippen LogP contribution in [-0.2, 0) is 10.0 Å². The molecule has 2 heterocycles. The van der Waals surface area contributed by atoms with Crippen molar-refractivity contribution in [2.24, 2.45) is 0 Å². The maximum atomic E-state index is 12.6. The molecule has 1 aliphatic rings. The molecule has 0 spiro atoms. The quantitative estimate of drug-likeness (QED) is 0.861. The minimum Gasteiger partial charge on any atom is -0.333 e. The van der Waals surface area contributed by atoms with Crippen molar-refractivity contribution in [3.63, 3.8) is 0 Å². The van der Waals surface area contributed by atoms with Crippen molar-refractivity contribution in [2.75, 3.05) is 19.3 Å². The molecule has 1 amide bonds. The smallest absolute Gasteiger partial charge is 0.273 e. The minimum absolute atomic E-state index is 0.130. The Labute approximate surface area is 133 Å². The molecular weight excluding hydrogens is 358 g/mol. The molecule has 6 nitrogen and oxygen atoms in total. The predicted molar refractivity (Wildman–Crippen MR) is 83.5 cm³/mol. The van der Waals surface area contributed by atoms with Crippen LogP contribution in [0.15, 0.2) is 22.8 Å². The lowest BCUT2D eigenvalue weighted by Crippen LogP contribution is -2.49. The van der Waals surface area contributed by atoms with Crippen molar-refractivity contribution in [1.82, 2.24) is 14.6 Å². The molecule has 0 radical (unpaired) electrons. The highest BCUT2D eigenvalue weighted by Gasteiger charge is 2.29.